The van der Waals surface area contributed by atoms with Crippen molar-refractivity contribution in [2.45, 2.75) is 104 Å². The molecule has 6 rings (SSSR count). The molecule has 19 heteroatoms. The molecule has 0 radical (unpaired) electrons. The van der Waals surface area contributed by atoms with Gasteiger partial charge in [-0.05, 0) is 144 Å². The Labute approximate surface area is 403 Å². The van der Waals surface area contributed by atoms with Crippen molar-refractivity contribution < 1.29 is 43.6 Å². The number of likely N-dealkylation sites (tertiary alicyclic amines) is 1. The Hall–Kier alpha value is -4.01. The quantitative estimate of drug-likeness (QED) is 0.0640. The van der Waals surface area contributed by atoms with Crippen LogP contribution in [-0.2, 0) is 19.9 Å². The van der Waals surface area contributed by atoms with Crippen LogP contribution in [0.15, 0.2) is 111 Å². The van der Waals surface area contributed by atoms with Crippen molar-refractivity contribution in [1.29, 1.82) is 0 Å². The molecular weight excluding hydrogens is 944 g/mol. The molecule has 0 aromatic heterocycles. The van der Waals surface area contributed by atoms with Crippen molar-refractivity contribution in [1.82, 2.24) is 19.4 Å². The van der Waals surface area contributed by atoms with Gasteiger partial charge in [-0.1, -0.05) is 49.8 Å². The van der Waals surface area contributed by atoms with Gasteiger partial charge in [0.05, 0.1) is 10.6 Å². The Kier molecular flexibility index (Phi) is 17.9. The lowest BCUT2D eigenvalue weighted by Crippen LogP contribution is -2.47. The predicted molar refractivity (Wildman–Crippen MR) is 261 cm³/mol. The number of nitrogens with one attached hydrogen (secondary N) is 2. The highest BCUT2D eigenvalue weighted by Crippen LogP contribution is 2.42. The third-order valence-electron chi connectivity index (χ3n) is 13.4. The standard InChI is InChI=1S/C49H65F5N6O5S3/c1-35(46(50)51)11-12-37-32-48(2,3)23-19-38(37)33-59-27-29-60(30-28-59)41-15-13-36(14-16-41)47(61)56-68(64,65)43-17-18-44(45(31-43)67(62,63)49(52,53)54)55-39(34-66-42-9-7-6-8-10-42)20-24-58-25-21-40(22-26-58)57(4)5/h6-10,13-18,31,39-40,46,55H,1,11-12,19-30,32-34H2,2-5H3,(H,56,61)/t39-/m1/s1. The van der Waals surface area contributed by atoms with Crippen molar-refractivity contribution in [2.24, 2.45) is 5.41 Å². The number of hydrogen-bond donors (Lipinski definition) is 2. The number of sulfonamides is 1. The van der Waals surface area contributed by atoms with Crippen LogP contribution in [0.5, 0.6) is 0 Å². The van der Waals surface area contributed by atoms with E-state index in [1.807, 2.05) is 49.1 Å². The molecule has 1 aliphatic carbocycles. The van der Waals surface area contributed by atoms with E-state index in [1.165, 1.54) is 35.0 Å². The van der Waals surface area contributed by atoms with E-state index in [2.05, 4.69) is 45.3 Å². The molecule has 11 nitrogen and oxygen atoms in total. The Morgan fingerprint density at radius 2 is 1.56 bits per heavy atom. The summed E-state index contributed by atoms with van der Waals surface area (Å²) in [6.07, 6.45) is 3.54. The van der Waals surface area contributed by atoms with Crippen LogP contribution in [0.25, 0.3) is 0 Å². The highest BCUT2D eigenvalue weighted by Gasteiger charge is 2.48. The van der Waals surface area contributed by atoms with Crippen molar-refractivity contribution in [2.75, 3.05) is 82.4 Å². The first-order chi connectivity index (χ1) is 32.0. The monoisotopic (exact) mass is 1010 g/mol. The number of benzene rings is 3. The number of piperidine rings is 1. The summed E-state index contributed by atoms with van der Waals surface area (Å²) in [7, 11) is -6.85. The molecule has 0 unspecified atom stereocenters. The SMILES string of the molecule is C=C(CCC1=C(CN2CCN(c3ccc(C(=O)NS(=O)(=O)c4ccc(N[C@H](CCN5CCC(N(C)C)CC5)CSc5ccccc5)c(S(=O)(=O)C(F)(F)F)c4)cc3)CC2)CCC(C)(C)C1)C(F)F. The van der Waals surface area contributed by atoms with Gasteiger partial charge in [0.1, 0.15) is 4.90 Å². The van der Waals surface area contributed by atoms with Crippen LogP contribution in [0.2, 0.25) is 0 Å². The molecule has 68 heavy (non-hydrogen) atoms. The molecule has 2 saturated heterocycles. The van der Waals surface area contributed by atoms with Crippen LogP contribution < -0.4 is 14.9 Å². The second-order valence-electron chi connectivity index (χ2n) is 19.1. The predicted octanol–water partition coefficient (Wildman–Crippen LogP) is 9.32. The van der Waals surface area contributed by atoms with E-state index in [1.54, 1.807) is 12.1 Å². The molecule has 3 aromatic carbocycles. The Morgan fingerprint density at radius 3 is 2.18 bits per heavy atom. The van der Waals surface area contributed by atoms with Gasteiger partial charge in [0.2, 0.25) is 0 Å². The van der Waals surface area contributed by atoms with E-state index in [4.69, 9.17) is 0 Å². The molecule has 3 aliphatic rings. The summed E-state index contributed by atoms with van der Waals surface area (Å²) in [6, 6.07) is 18.0. The summed E-state index contributed by atoms with van der Waals surface area (Å²) in [6.45, 7) is 13.9. The average molecular weight is 1010 g/mol. The smallest absolute Gasteiger partial charge is 0.380 e. The number of allylic oxidation sites excluding steroid dienone is 2. The first kappa shape index (κ1) is 53.3. The number of hydrogen-bond acceptors (Lipinski definition) is 11. The average Bonchev–Trinajstić information content (AvgIpc) is 3.29. The van der Waals surface area contributed by atoms with Gasteiger partial charge in [-0.15, -0.1) is 11.8 Å². The fraction of sp³-hybridized carbons (Fsp3) is 0.531. The van der Waals surface area contributed by atoms with Gasteiger partial charge >= 0.3 is 5.51 Å². The van der Waals surface area contributed by atoms with E-state index in [0.717, 1.165) is 87.5 Å². The number of thioether (sulfide) groups is 1. The number of amides is 1. The number of alkyl halides is 5. The Bertz CT molecular complexity index is 2460. The zero-order valence-electron chi connectivity index (χ0n) is 39.3. The molecule has 3 aromatic rings. The second kappa shape index (κ2) is 22.8. The topological polar surface area (TPSA) is 122 Å². The number of piperazine rings is 1. The summed E-state index contributed by atoms with van der Waals surface area (Å²) in [5.41, 5.74) is -2.75. The van der Waals surface area contributed by atoms with Crippen LogP contribution in [0.3, 0.4) is 0 Å². The fourth-order valence-electron chi connectivity index (χ4n) is 9.10. The number of carbonyl (C=O) groups excluding carboxylic acids is 1. The minimum absolute atomic E-state index is 0.0312. The van der Waals surface area contributed by atoms with E-state index in [-0.39, 0.29) is 23.0 Å². The maximum absolute atomic E-state index is 14.3. The number of sulfone groups is 1. The molecule has 0 saturated carbocycles. The van der Waals surface area contributed by atoms with E-state index < -0.39 is 59.2 Å². The molecule has 374 valence electrons. The second-order valence-corrected chi connectivity index (χ2v) is 23.8. The molecule has 2 heterocycles. The van der Waals surface area contributed by atoms with Crippen LogP contribution >= 0.6 is 11.8 Å². The van der Waals surface area contributed by atoms with Gasteiger partial charge in [0.25, 0.3) is 32.2 Å². The first-order valence-electron chi connectivity index (χ1n) is 23.1. The maximum Gasteiger partial charge on any atom is 0.501 e. The molecule has 2 aliphatic heterocycles. The fourth-order valence-corrected chi connectivity index (χ4v) is 12.1. The van der Waals surface area contributed by atoms with Gasteiger partial charge in [0.15, 0.2) is 0 Å². The van der Waals surface area contributed by atoms with Crippen molar-refractivity contribution in [3.8, 4) is 0 Å². The van der Waals surface area contributed by atoms with Gasteiger partial charge in [0, 0.05) is 73.3 Å². The third-order valence-corrected chi connectivity index (χ3v) is 17.4. The van der Waals surface area contributed by atoms with E-state index in [9.17, 15) is 43.6 Å². The van der Waals surface area contributed by atoms with Crippen LogP contribution in [0.1, 0.15) is 75.6 Å². The van der Waals surface area contributed by atoms with Gasteiger partial charge in [-0.3, -0.25) is 9.69 Å². The van der Waals surface area contributed by atoms with Crippen LogP contribution in [0.4, 0.5) is 33.3 Å². The van der Waals surface area contributed by atoms with E-state index >= 15 is 0 Å². The maximum atomic E-state index is 14.3. The minimum Gasteiger partial charge on any atom is -0.380 e. The van der Waals surface area contributed by atoms with Gasteiger partial charge in [-0.25, -0.2) is 30.3 Å². The van der Waals surface area contributed by atoms with Crippen LogP contribution in [0, 0.1) is 5.41 Å². The molecule has 1 atom stereocenters. The molecule has 1 amide bonds. The summed E-state index contributed by atoms with van der Waals surface area (Å²) >= 11 is 1.46. The Balaban J connectivity index is 1.12. The number of rotatable bonds is 20. The van der Waals surface area contributed by atoms with Crippen LogP contribution in [-0.4, -0.2) is 134 Å². The largest absolute Gasteiger partial charge is 0.501 e. The van der Waals surface area contributed by atoms with Gasteiger partial charge < -0.3 is 20.0 Å². The summed E-state index contributed by atoms with van der Waals surface area (Å²) in [5, 5.41) is 3.03. The number of anilines is 2. The number of nitrogens with zero attached hydrogens (tertiary/aromatic N) is 4. The van der Waals surface area contributed by atoms with E-state index in [0.29, 0.717) is 50.3 Å². The lowest BCUT2D eigenvalue weighted by molar-refractivity contribution is -0.0435. The lowest BCUT2D eigenvalue weighted by atomic mass is 9.73. The Morgan fingerprint density at radius 1 is 0.897 bits per heavy atom. The normalized spacial score (nSPS) is 18.5. The zero-order chi connectivity index (χ0) is 49.4. The lowest BCUT2D eigenvalue weighted by Gasteiger charge is -2.39. The minimum atomic E-state index is -6.07. The summed E-state index contributed by atoms with van der Waals surface area (Å²) < 4.78 is 125. The number of carbonyl (C=O) groups is 1. The molecule has 0 bridgehead atoms. The zero-order valence-corrected chi connectivity index (χ0v) is 41.8. The molecule has 2 N–H and O–H groups in total. The first-order valence-corrected chi connectivity index (χ1v) is 27.1. The highest BCUT2D eigenvalue weighted by molar-refractivity contribution is 7.99. The molecule has 2 fully saturated rings. The third kappa shape index (κ3) is 14.3. The van der Waals surface area contributed by atoms with Crippen molar-refractivity contribution in [3.05, 3.63) is 102 Å². The molecule has 0 spiro atoms. The van der Waals surface area contributed by atoms with Crippen molar-refractivity contribution in [3.63, 3.8) is 0 Å². The number of halogens is 5. The molecular formula is C49H65F5N6O5S3. The highest BCUT2D eigenvalue weighted by atomic mass is 32.2. The van der Waals surface area contributed by atoms with Gasteiger partial charge in [-0.2, -0.15) is 13.2 Å². The summed E-state index contributed by atoms with van der Waals surface area (Å²) in [4.78, 5) is 21.1. The van der Waals surface area contributed by atoms with Crippen molar-refractivity contribution >= 4 is 48.9 Å². The summed E-state index contributed by atoms with van der Waals surface area (Å²) in [5.74, 6) is -0.674.